The van der Waals surface area contributed by atoms with Crippen LogP contribution in [0.1, 0.15) is 24.2 Å². The number of rotatable bonds is 9. The largest absolute Gasteiger partial charge is 0.338 e. The van der Waals surface area contributed by atoms with E-state index in [1.165, 1.54) is 6.20 Å². The maximum atomic E-state index is 12.6. The quantitative estimate of drug-likeness (QED) is 0.282. The van der Waals surface area contributed by atoms with Crippen LogP contribution >= 0.6 is 18.7 Å². The van der Waals surface area contributed by atoms with Crippen LogP contribution in [0.25, 0.3) is 0 Å². The van der Waals surface area contributed by atoms with Gasteiger partial charge in [0.05, 0.1) is 18.5 Å². The molecule has 0 fully saturated rings. The second kappa shape index (κ2) is 10.8. The van der Waals surface area contributed by atoms with Crippen molar-refractivity contribution in [1.82, 2.24) is 15.4 Å². The predicted octanol–water partition coefficient (Wildman–Crippen LogP) is 5.18. The fourth-order valence-corrected chi connectivity index (χ4v) is 4.15. The molecule has 0 atom stereocenters. The van der Waals surface area contributed by atoms with Crippen LogP contribution in [0.2, 0.25) is 5.02 Å². The van der Waals surface area contributed by atoms with Gasteiger partial charge in [0.1, 0.15) is 12.2 Å². The number of hydroxylamine groups is 1. The molecule has 0 aliphatic carbocycles. The maximum Gasteiger partial charge on any atom is 0.274 e. The SMILES string of the molecule is CC(C)CONC(=O)c1ccc(Nc2ncc(Cl)c(Nc3ccccc3P(C)(C)=O)n2)cc1. The second-order valence-electron chi connectivity index (χ2n) is 8.22. The average Bonchev–Trinajstić information content (AvgIpc) is 2.76. The zero-order valence-electron chi connectivity index (χ0n) is 18.9. The highest BCUT2D eigenvalue weighted by atomic mass is 35.5. The molecule has 0 spiro atoms. The summed E-state index contributed by atoms with van der Waals surface area (Å²) in [6.45, 7) is 7.85. The first-order chi connectivity index (χ1) is 15.6. The minimum Gasteiger partial charge on any atom is -0.338 e. The van der Waals surface area contributed by atoms with Gasteiger partial charge in [-0.15, -0.1) is 0 Å². The van der Waals surface area contributed by atoms with E-state index in [2.05, 4.69) is 26.1 Å². The summed E-state index contributed by atoms with van der Waals surface area (Å²) >= 11 is 6.29. The summed E-state index contributed by atoms with van der Waals surface area (Å²) in [6.07, 6.45) is 1.48. The molecule has 0 saturated heterocycles. The third kappa shape index (κ3) is 7.02. The van der Waals surface area contributed by atoms with Gasteiger partial charge in [0.25, 0.3) is 5.91 Å². The normalized spacial score (nSPS) is 11.3. The first-order valence-electron chi connectivity index (χ1n) is 10.4. The number of aromatic nitrogens is 2. The number of carbonyl (C=O) groups is 1. The van der Waals surface area contributed by atoms with Crippen LogP contribution in [-0.2, 0) is 9.40 Å². The van der Waals surface area contributed by atoms with E-state index >= 15 is 0 Å². The lowest BCUT2D eigenvalue weighted by atomic mass is 10.2. The van der Waals surface area contributed by atoms with Crippen LogP contribution in [0.4, 0.5) is 23.1 Å². The Labute approximate surface area is 198 Å². The molecule has 3 aromatic rings. The van der Waals surface area contributed by atoms with Crippen molar-refractivity contribution in [3.63, 3.8) is 0 Å². The van der Waals surface area contributed by atoms with Gasteiger partial charge in [-0.1, -0.05) is 37.6 Å². The summed E-state index contributed by atoms with van der Waals surface area (Å²) in [7, 11) is -2.51. The highest BCUT2D eigenvalue weighted by Crippen LogP contribution is 2.38. The van der Waals surface area contributed by atoms with Crippen molar-refractivity contribution in [1.29, 1.82) is 0 Å². The van der Waals surface area contributed by atoms with E-state index in [9.17, 15) is 9.36 Å². The van der Waals surface area contributed by atoms with E-state index in [0.717, 1.165) is 0 Å². The van der Waals surface area contributed by atoms with Gasteiger partial charge < -0.3 is 15.2 Å². The number of anilines is 4. The number of halogens is 1. The Kier molecular flexibility index (Phi) is 8.08. The number of hydrogen-bond acceptors (Lipinski definition) is 7. The van der Waals surface area contributed by atoms with Crippen LogP contribution in [0, 0.1) is 5.92 Å². The first kappa shape index (κ1) is 24.7. The van der Waals surface area contributed by atoms with E-state index < -0.39 is 7.14 Å². The van der Waals surface area contributed by atoms with Gasteiger partial charge in [-0.25, -0.2) is 10.5 Å². The molecule has 1 aromatic heterocycles. The summed E-state index contributed by atoms with van der Waals surface area (Å²) in [5.41, 5.74) is 4.25. The van der Waals surface area contributed by atoms with E-state index in [0.29, 0.717) is 51.6 Å². The third-order valence-electron chi connectivity index (χ3n) is 4.47. The molecule has 0 bridgehead atoms. The van der Waals surface area contributed by atoms with Gasteiger partial charge in [0.15, 0.2) is 5.82 Å². The molecule has 0 aliphatic rings. The molecule has 10 heteroatoms. The summed E-state index contributed by atoms with van der Waals surface area (Å²) in [5.74, 6) is 0.693. The van der Waals surface area contributed by atoms with Crippen molar-refractivity contribution in [2.45, 2.75) is 13.8 Å². The van der Waals surface area contributed by atoms with Crippen LogP contribution in [0.5, 0.6) is 0 Å². The smallest absolute Gasteiger partial charge is 0.274 e. The van der Waals surface area contributed by atoms with E-state index in [1.54, 1.807) is 37.6 Å². The fourth-order valence-electron chi connectivity index (χ4n) is 2.86. The van der Waals surface area contributed by atoms with E-state index in [-0.39, 0.29) is 5.91 Å². The minimum atomic E-state index is -2.51. The molecule has 0 radical (unpaired) electrons. The van der Waals surface area contributed by atoms with Crippen molar-refractivity contribution in [3.8, 4) is 0 Å². The number of carbonyl (C=O) groups excluding carboxylic acids is 1. The zero-order valence-corrected chi connectivity index (χ0v) is 20.6. The standard InChI is InChI=1S/C23H27ClN5O3P/c1-15(2)14-32-29-22(30)16-9-11-17(12-10-16)26-23-25-13-18(24)21(28-23)27-19-7-5-6-8-20(19)33(3,4)31/h5-13,15H,14H2,1-4H3,(H,29,30)(H2,25,26,27,28). The zero-order chi connectivity index (χ0) is 24.0. The summed E-state index contributed by atoms with van der Waals surface area (Å²) < 4.78 is 12.6. The Morgan fingerprint density at radius 2 is 1.79 bits per heavy atom. The fraction of sp³-hybridized carbons (Fsp3) is 0.261. The first-order valence-corrected chi connectivity index (χ1v) is 13.3. The number of nitrogens with zero attached hydrogens (tertiary/aromatic N) is 2. The van der Waals surface area contributed by atoms with Crippen LogP contribution < -0.4 is 21.4 Å². The number of nitrogens with one attached hydrogen (secondary N) is 3. The van der Waals surface area contributed by atoms with Crippen molar-refractivity contribution < 1.29 is 14.2 Å². The lowest BCUT2D eigenvalue weighted by Crippen LogP contribution is -2.25. The van der Waals surface area contributed by atoms with Gasteiger partial charge in [0.2, 0.25) is 5.95 Å². The molecule has 174 valence electrons. The molecular weight excluding hydrogens is 461 g/mol. The van der Waals surface area contributed by atoms with Crippen molar-refractivity contribution >= 4 is 53.1 Å². The van der Waals surface area contributed by atoms with Crippen LogP contribution in [0.15, 0.2) is 54.7 Å². The summed E-state index contributed by atoms with van der Waals surface area (Å²) in [6, 6.07) is 14.2. The van der Waals surface area contributed by atoms with Gasteiger partial charge in [-0.3, -0.25) is 9.63 Å². The van der Waals surface area contributed by atoms with Crippen molar-refractivity contribution in [3.05, 3.63) is 65.3 Å². The highest BCUT2D eigenvalue weighted by molar-refractivity contribution is 7.70. The molecule has 1 heterocycles. The summed E-state index contributed by atoms with van der Waals surface area (Å²) in [5, 5.41) is 7.28. The molecule has 0 unspecified atom stereocenters. The Morgan fingerprint density at radius 1 is 1.09 bits per heavy atom. The maximum absolute atomic E-state index is 12.6. The average molecular weight is 488 g/mol. The van der Waals surface area contributed by atoms with Crippen molar-refractivity contribution in [2.75, 3.05) is 30.6 Å². The molecule has 3 rings (SSSR count). The number of para-hydroxylation sites is 1. The minimum absolute atomic E-state index is 0.313. The van der Waals surface area contributed by atoms with Crippen LogP contribution in [-0.4, -0.2) is 35.8 Å². The van der Waals surface area contributed by atoms with Crippen molar-refractivity contribution in [2.24, 2.45) is 5.92 Å². The summed E-state index contributed by atoms with van der Waals surface area (Å²) in [4.78, 5) is 26.0. The molecule has 0 aliphatic heterocycles. The Balaban J connectivity index is 1.72. The lowest BCUT2D eigenvalue weighted by molar-refractivity contribution is 0.0208. The molecule has 3 N–H and O–H groups in total. The van der Waals surface area contributed by atoms with E-state index in [4.69, 9.17) is 16.4 Å². The molecule has 1 amide bonds. The van der Waals surface area contributed by atoms with Gasteiger partial charge in [-0.2, -0.15) is 4.98 Å². The molecule has 2 aromatic carbocycles. The van der Waals surface area contributed by atoms with E-state index in [1.807, 2.05) is 38.1 Å². The highest BCUT2D eigenvalue weighted by Gasteiger charge is 2.17. The third-order valence-corrected chi connectivity index (χ3v) is 6.29. The van der Waals surface area contributed by atoms with Crippen LogP contribution in [0.3, 0.4) is 0 Å². The number of amides is 1. The second-order valence-corrected chi connectivity index (χ2v) is 11.8. The molecule has 8 nitrogen and oxygen atoms in total. The number of hydrogen-bond donors (Lipinski definition) is 3. The topological polar surface area (TPSA) is 105 Å². The number of benzene rings is 2. The Bertz CT molecular complexity index is 1170. The molecule has 0 saturated carbocycles. The Hall–Kier alpha value is -2.93. The predicted molar refractivity (Wildman–Crippen MR) is 134 cm³/mol. The molecular formula is C23H27ClN5O3P. The van der Waals surface area contributed by atoms with Gasteiger partial charge in [-0.05, 0) is 55.6 Å². The lowest BCUT2D eigenvalue weighted by Gasteiger charge is -2.15. The van der Waals surface area contributed by atoms with Gasteiger partial charge in [0, 0.05) is 16.6 Å². The monoisotopic (exact) mass is 487 g/mol. The Morgan fingerprint density at radius 3 is 2.45 bits per heavy atom. The molecule has 33 heavy (non-hydrogen) atoms. The van der Waals surface area contributed by atoms with Gasteiger partial charge >= 0.3 is 0 Å².